The number of carboxylic acid groups (broad SMARTS) is 1. The number of halogens is 2. The van der Waals surface area contributed by atoms with Crippen molar-refractivity contribution >= 4 is 23.5 Å². The van der Waals surface area contributed by atoms with E-state index in [-0.39, 0.29) is 24.3 Å². The fourth-order valence-electron chi connectivity index (χ4n) is 2.18. The van der Waals surface area contributed by atoms with Crippen LogP contribution in [0, 0.1) is 17.2 Å². The predicted molar refractivity (Wildman–Crippen MR) is 76.7 cm³/mol. The Morgan fingerprint density at radius 3 is 2.71 bits per heavy atom. The molecular weight excluding hydrogens is 297 g/mol. The van der Waals surface area contributed by atoms with Gasteiger partial charge in [0.1, 0.15) is 5.82 Å². The number of aliphatic carboxylic acids is 1. The van der Waals surface area contributed by atoms with Gasteiger partial charge in [0, 0.05) is 29.0 Å². The maximum Gasteiger partial charge on any atom is 0.310 e. The summed E-state index contributed by atoms with van der Waals surface area (Å²) in [5.41, 5.74) is -0.660. The molecule has 2 N–H and O–H groups in total. The molecule has 114 valence electrons. The van der Waals surface area contributed by atoms with Gasteiger partial charge >= 0.3 is 5.97 Å². The molecule has 2 rings (SSSR count). The monoisotopic (exact) mass is 313 g/mol. The average molecular weight is 314 g/mol. The summed E-state index contributed by atoms with van der Waals surface area (Å²) >= 11 is 5.98. The molecule has 0 aliphatic heterocycles. The van der Waals surface area contributed by atoms with Crippen LogP contribution >= 0.6 is 11.6 Å². The lowest BCUT2D eigenvalue weighted by Crippen LogP contribution is -2.39. The first-order valence-electron chi connectivity index (χ1n) is 6.69. The van der Waals surface area contributed by atoms with Crippen molar-refractivity contribution in [3.05, 3.63) is 34.6 Å². The van der Waals surface area contributed by atoms with Crippen LogP contribution in [0.25, 0.3) is 0 Å². The van der Waals surface area contributed by atoms with E-state index in [2.05, 4.69) is 5.32 Å². The van der Waals surface area contributed by atoms with Gasteiger partial charge in [0.25, 0.3) is 0 Å². The van der Waals surface area contributed by atoms with E-state index >= 15 is 0 Å². The van der Waals surface area contributed by atoms with Gasteiger partial charge in [0.2, 0.25) is 5.91 Å². The Morgan fingerprint density at radius 2 is 2.14 bits per heavy atom. The van der Waals surface area contributed by atoms with Crippen molar-refractivity contribution in [2.75, 3.05) is 6.54 Å². The number of nitrogens with one attached hydrogen (secondary N) is 1. The van der Waals surface area contributed by atoms with E-state index in [1.807, 2.05) is 0 Å². The standard InChI is InChI=1S/C15H17ClFNO3/c1-15(2,14(20)21)7-18-13(19)9-6-8(9)12-10(16)4-3-5-11(12)17/h3-5,8-9H,6-7H2,1-2H3,(H,18,19)(H,20,21)/t8-,9-/m1/s1. The minimum Gasteiger partial charge on any atom is -0.481 e. The van der Waals surface area contributed by atoms with Crippen LogP contribution in [0.15, 0.2) is 18.2 Å². The maximum absolute atomic E-state index is 13.8. The summed E-state index contributed by atoms with van der Waals surface area (Å²) in [7, 11) is 0. The van der Waals surface area contributed by atoms with Gasteiger partial charge in [0.05, 0.1) is 5.41 Å². The number of rotatable bonds is 5. The highest BCUT2D eigenvalue weighted by molar-refractivity contribution is 6.31. The molecule has 1 aromatic carbocycles. The largest absolute Gasteiger partial charge is 0.481 e. The first-order valence-corrected chi connectivity index (χ1v) is 7.07. The number of carbonyl (C=O) groups excluding carboxylic acids is 1. The van der Waals surface area contributed by atoms with Gasteiger partial charge in [0.15, 0.2) is 0 Å². The molecule has 4 nitrogen and oxygen atoms in total. The second-order valence-electron chi connectivity index (χ2n) is 5.99. The van der Waals surface area contributed by atoms with Gasteiger partial charge in [-0.25, -0.2) is 4.39 Å². The van der Waals surface area contributed by atoms with Crippen LogP contribution in [-0.4, -0.2) is 23.5 Å². The van der Waals surface area contributed by atoms with Gasteiger partial charge < -0.3 is 10.4 Å². The number of hydrogen-bond acceptors (Lipinski definition) is 2. The van der Waals surface area contributed by atoms with E-state index in [0.717, 1.165) is 0 Å². The normalized spacial score (nSPS) is 21.0. The first-order chi connectivity index (χ1) is 9.74. The summed E-state index contributed by atoms with van der Waals surface area (Å²) in [5.74, 6) is -2.22. The molecule has 0 heterocycles. The van der Waals surface area contributed by atoms with Crippen molar-refractivity contribution < 1.29 is 19.1 Å². The van der Waals surface area contributed by atoms with E-state index in [1.54, 1.807) is 6.07 Å². The third kappa shape index (κ3) is 3.35. The van der Waals surface area contributed by atoms with E-state index < -0.39 is 17.2 Å². The third-order valence-electron chi connectivity index (χ3n) is 3.78. The fourth-order valence-corrected chi connectivity index (χ4v) is 2.49. The Hall–Kier alpha value is -1.62. The molecule has 0 spiro atoms. The zero-order chi connectivity index (χ0) is 15.8. The highest BCUT2D eigenvalue weighted by Gasteiger charge is 2.46. The third-order valence-corrected chi connectivity index (χ3v) is 4.11. The van der Waals surface area contributed by atoms with Crippen LogP contribution in [0.1, 0.15) is 31.7 Å². The van der Waals surface area contributed by atoms with Gasteiger partial charge in [-0.2, -0.15) is 0 Å². The molecule has 1 saturated carbocycles. The second-order valence-corrected chi connectivity index (χ2v) is 6.40. The smallest absolute Gasteiger partial charge is 0.310 e. The van der Waals surface area contributed by atoms with Crippen molar-refractivity contribution in [2.45, 2.75) is 26.2 Å². The molecule has 0 radical (unpaired) electrons. The highest BCUT2D eigenvalue weighted by Crippen LogP contribution is 2.50. The maximum atomic E-state index is 13.8. The topological polar surface area (TPSA) is 66.4 Å². The molecule has 0 bridgehead atoms. The van der Waals surface area contributed by atoms with E-state index in [0.29, 0.717) is 17.0 Å². The Labute approximate surface area is 127 Å². The molecule has 21 heavy (non-hydrogen) atoms. The average Bonchev–Trinajstić information content (AvgIpc) is 3.16. The summed E-state index contributed by atoms with van der Waals surface area (Å²) in [6, 6.07) is 4.44. The summed E-state index contributed by atoms with van der Waals surface area (Å²) < 4.78 is 13.8. The van der Waals surface area contributed by atoms with Crippen LogP contribution in [0.4, 0.5) is 4.39 Å². The number of amides is 1. The molecule has 1 aliphatic carbocycles. The minimum absolute atomic E-state index is 0.0371. The Morgan fingerprint density at radius 1 is 1.48 bits per heavy atom. The lowest BCUT2D eigenvalue weighted by Gasteiger charge is -2.19. The molecule has 2 atom stereocenters. The molecule has 1 aliphatic rings. The molecule has 0 saturated heterocycles. The van der Waals surface area contributed by atoms with Crippen molar-refractivity contribution in [3.8, 4) is 0 Å². The van der Waals surface area contributed by atoms with Crippen molar-refractivity contribution in [3.63, 3.8) is 0 Å². The van der Waals surface area contributed by atoms with Crippen LogP contribution in [-0.2, 0) is 9.59 Å². The van der Waals surface area contributed by atoms with Gasteiger partial charge in [-0.05, 0) is 32.4 Å². The van der Waals surface area contributed by atoms with E-state index in [9.17, 15) is 14.0 Å². The van der Waals surface area contributed by atoms with Crippen LogP contribution < -0.4 is 5.32 Å². The molecule has 1 fully saturated rings. The summed E-state index contributed by atoms with van der Waals surface area (Å²) in [4.78, 5) is 23.0. The zero-order valence-corrected chi connectivity index (χ0v) is 12.6. The Bertz CT molecular complexity index is 568. The molecule has 6 heteroatoms. The minimum atomic E-state index is -1.03. The molecule has 1 amide bonds. The Kier molecular flexibility index (Phi) is 4.23. The lowest BCUT2D eigenvalue weighted by molar-refractivity contribution is -0.146. The van der Waals surface area contributed by atoms with Crippen LogP contribution in [0.5, 0.6) is 0 Å². The lowest BCUT2D eigenvalue weighted by atomic mass is 9.94. The SMILES string of the molecule is CC(C)(CNC(=O)[C@@H]1C[C@H]1c1c(F)cccc1Cl)C(=O)O. The zero-order valence-electron chi connectivity index (χ0n) is 11.8. The predicted octanol–water partition coefficient (Wildman–Crippen LogP) is 2.81. The van der Waals surface area contributed by atoms with E-state index in [4.69, 9.17) is 16.7 Å². The fraction of sp³-hybridized carbons (Fsp3) is 0.467. The van der Waals surface area contributed by atoms with Crippen molar-refractivity contribution in [1.82, 2.24) is 5.32 Å². The number of carboxylic acids is 1. The highest BCUT2D eigenvalue weighted by atomic mass is 35.5. The Balaban J connectivity index is 1.97. The van der Waals surface area contributed by atoms with Crippen LogP contribution in [0.2, 0.25) is 5.02 Å². The van der Waals surface area contributed by atoms with Gasteiger partial charge in [-0.15, -0.1) is 0 Å². The summed E-state index contributed by atoms with van der Waals surface area (Å²) in [6.07, 6.45) is 0.528. The molecular formula is C15H17ClFNO3. The summed E-state index contributed by atoms with van der Waals surface area (Å²) in [6.45, 7) is 3.11. The van der Waals surface area contributed by atoms with Gasteiger partial charge in [-0.3, -0.25) is 9.59 Å². The van der Waals surface area contributed by atoms with Crippen molar-refractivity contribution in [2.24, 2.45) is 11.3 Å². The van der Waals surface area contributed by atoms with Crippen LogP contribution in [0.3, 0.4) is 0 Å². The molecule has 1 aromatic rings. The van der Waals surface area contributed by atoms with E-state index in [1.165, 1.54) is 26.0 Å². The molecule has 0 unspecified atom stereocenters. The van der Waals surface area contributed by atoms with Crippen molar-refractivity contribution in [1.29, 1.82) is 0 Å². The quantitative estimate of drug-likeness (QED) is 0.878. The number of hydrogen-bond donors (Lipinski definition) is 2. The summed E-state index contributed by atoms with van der Waals surface area (Å²) in [5, 5.41) is 11.9. The first kappa shape index (κ1) is 15.8. The second kappa shape index (κ2) is 5.64. The number of benzene rings is 1. The van der Waals surface area contributed by atoms with Gasteiger partial charge in [-0.1, -0.05) is 17.7 Å². The number of carbonyl (C=O) groups is 2. The molecule has 0 aromatic heterocycles.